The number of carbonyl (C=O) groups is 1. The summed E-state index contributed by atoms with van der Waals surface area (Å²) in [4.78, 5) is 12.8. The van der Waals surface area contributed by atoms with Crippen LogP contribution in [0.5, 0.6) is 0 Å². The van der Waals surface area contributed by atoms with Crippen molar-refractivity contribution in [1.29, 1.82) is 0 Å². The molecule has 0 atom stereocenters. The molecule has 7 heteroatoms. The van der Waals surface area contributed by atoms with Gasteiger partial charge < -0.3 is 10.2 Å². The van der Waals surface area contributed by atoms with Gasteiger partial charge in [-0.2, -0.15) is 5.10 Å². The van der Waals surface area contributed by atoms with Crippen LogP contribution in [0.4, 0.5) is 10.6 Å². The third-order valence-electron chi connectivity index (χ3n) is 1.87. The predicted molar refractivity (Wildman–Crippen MR) is 65.4 cm³/mol. The zero-order valence-corrected chi connectivity index (χ0v) is 10.1. The van der Waals surface area contributed by atoms with Gasteiger partial charge in [0, 0.05) is 32.6 Å². The van der Waals surface area contributed by atoms with Crippen molar-refractivity contribution in [2.75, 3.05) is 31.3 Å². The van der Waals surface area contributed by atoms with E-state index in [9.17, 15) is 4.79 Å². The van der Waals surface area contributed by atoms with Crippen LogP contribution in [0.15, 0.2) is 18.3 Å². The zero-order valence-electron chi connectivity index (χ0n) is 9.30. The highest BCUT2D eigenvalue weighted by Gasteiger charge is 2.02. The van der Waals surface area contributed by atoms with E-state index in [1.807, 2.05) is 24.1 Å². The van der Waals surface area contributed by atoms with E-state index in [0.29, 0.717) is 0 Å². The maximum atomic E-state index is 10.8. The van der Waals surface area contributed by atoms with Crippen LogP contribution >= 0.6 is 11.9 Å². The SMILES string of the molecule is CNC(=O)NSCCN(C)c1cccnn1. The topological polar surface area (TPSA) is 70.2 Å². The maximum Gasteiger partial charge on any atom is 0.324 e. The summed E-state index contributed by atoms with van der Waals surface area (Å²) in [7, 11) is 3.52. The first-order valence-electron chi connectivity index (χ1n) is 4.82. The number of rotatable bonds is 5. The molecule has 16 heavy (non-hydrogen) atoms. The summed E-state index contributed by atoms with van der Waals surface area (Å²) in [5, 5.41) is 10.3. The van der Waals surface area contributed by atoms with Crippen molar-refractivity contribution in [3.05, 3.63) is 18.3 Å². The molecule has 0 unspecified atom stereocenters. The number of nitrogens with zero attached hydrogens (tertiary/aromatic N) is 3. The molecule has 0 aromatic carbocycles. The Morgan fingerprint density at radius 2 is 2.44 bits per heavy atom. The van der Waals surface area contributed by atoms with Crippen LogP contribution in [-0.4, -0.2) is 42.6 Å². The van der Waals surface area contributed by atoms with Crippen molar-refractivity contribution in [1.82, 2.24) is 20.2 Å². The fourth-order valence-corrected chi connectivity index (χ4v) is 1.66. The van der Waals surface area contributed by atoms with Crippen LogP contribution in [0, 0.1) is 0 Å². The molecule has 0 aliphatic carbocycles. The first kappa shape index (κ1) is 12.6. The molecular formula is C9H15N5OS. The molecule has 1 aromatic heterocycles. The van der Waals surface area contributed by atoms with Crippen molar-refractivity contribution in [2.45, 2.75) is 0 Å². The molecule has 88 valence electrons. The van der Waals surface area contributed by atoms with Gasteiger partial charge in [-0.1, -0.05) is 0 Å². The molecule has 0 spiro atoms. The van der Waals surface area contributed by atoms with E-state index in [1.165, 1.54) is 11.9 Å². The molecule has 0 aliphatic heterocycles. The molecule has 0 fully saturated rings. The number of amides is 2. The second-order valence-electron chi connectivity index (χ2n) is 3.03. The molecular weight excluding hydrogens is 226 g/mol. The smallest absolute Gasteiger partial charge is 0.324 e. The first-order valence-corrected chi connectivity index (χ1v) is 5.81. The average molecular weight is 241 g/mol. The molecule has 1 aromatic rings. The summed E-state index contributed by atoms with van der Waals surface area (Å²) >= 11 is 1.36. The summed E-state index contributed by atoms with van der Waals surface area (Å²) in [6, 6.07) is 3.55. The molecule has 0 bridgehead atoms. The molecule has 6 nitrogen and oxygen atoms in total. The zero-order chi connectivity index (χ0) is 11.8. The quantitative estimate of drug-likeness (QED) is 0.580. The van der Waals surface area contributed by atoms with Crippen molar-refractivity contribution in [3.8, 4) is 0 Å². The van der Waals surface area contributed by atoms with Crippen molar-refractivity contribution in [2.24, 2.45) is 0 Å². The Morgan fingerprint density at radius 1 is 1.62 bits per heavy atom. The molecule has 2 amide bonds. The molecule has 0 radical (unpaired) electrons. The largest absolute Gasteiger partial charge is 0.357 e. The van der Waals surface area contributed by atoms with Gasteiger partial charge in [-0.25, -0.2) is 4.79 Å². The lowest BCUT2D eigenvalue weighted by Crippen LogP contribution is -2.29. The molecule has 0 aliphatic rings. The Morgan fingerprint density at radius 3 is 3.06 bits per heavy atom. The summed E-state index contributed by atoms with van der Waals surface area (Å²) in [5.74, 6) is 1.60. The summed E-state index contributed by atoms with van der Waals surface area (Å²) in [5.41, 5.74) is 0. The van der Waals surface area contributed by atoms with Crippen molar-refractivity contribution >= 4 is 23.8 Å². The lowest BCUT2D eigenvalue weighted by Gasteiger charge is -2.16. The van der Waals surface area contributed by atoms with Crippen LogP contribution in [0.2, 0.25) is 0 Å². The van der Waals surface area contributed by atoms with Gasteiger partial charge in [-0.15, -0.1) is 5.10 Å². The maximum absolute atomic E-state index is 10.8. The minimum Gasteiger partial charge on any atom is -0.357 e. The molecule has 1 heterocycles. The van der Waals surface area contributed by atoms with Crippen LogP contribution < -0.4 is 14.9 Å². The lowest BCUT2D eigenvalue weighted by atomic mass is 10.5. The van der Waals surface area contributed by atoms with Crippen LogP contribution in [0.1, 0.15) is 0 Å². The van der Waals surface area contributed by atoms with Gasteiger partial charge in [-0.05, 0) is 24.1 Å². The van der Waals surface area contributed by atoms with E-state index in [4.69, 9.17) is 0 Å². The highest BCUT2D eigenvalue weighted by atomic mass is 32.2. The Bertz CT molecular complexity index is 321. The van der Waals surface area contributed by atoms with E-state index in [0.717, 1.165) is 18.1 Å². The number of anilines is 1. The first-order chi connectivity index (χ1) is 7.74. The Hall–Kier alpha value is -1.50. The average Bonchev–Trinajstić information content (AvgIpc) is 2.35. The molecule has 2 N–H and O–H groups in total. The minimum absolute atomic E-state index is 0.188. The minimum atomic E-state index is -0.188. The molecule has 1 rings (SSSR count). The van der Waals surface area contributed by atoms with Gasteiger partial charge in [-0.3, -0.25) is 4.72 Å². The van der Waals surface area contributed by atoms with Gasteiger partial charge in [0.05, 0.1) is 0 Å². The van der Waals surface area contributed by atoms with Gasteiger partial charge in [0.1, 0.15) is 0 Å². The number of nitrogens with one attached hydrogen (secondary N) is 2. The van der Waals surface area contributed by atoms with Gasteiger partial charge in [0.25, 0.3) is 0 Å². The summed E-state index contributed by atoms with van der Waals surface area (Å²) < 4.78 is 2.64. The highest BCUT2D eigenvalue weighted by Crippen LogP contribution is 2.05. The van der Waals surface area contributed by atoms with Crippen LogP contribution in [-0.2, 0) is 0 Å². The van der Waals surface area contributed by atoms with E-state index in [2.05, 4.69) is 20.2 Å². The second-order valence-corrected chi connectivity index (χ2v) is 3.93. The van der Waals surface area contributed by atoms with Crippen molar-refractivity contribution < 1.29 is 4.79 Å². The lowest BCUT2D eigenvalue weighted by molar-refractivity contribution is 0.248. The van der Waals surface area contributed by atoms with Crippen LogP contribution in [0.3, 0.4) is 0 Å². The molecule has 0 saturated carbocycles. The number of hydrogen-bond donors (Lipinski definition) is 2. The fraction of sp³-hybridized carbons (Fsp3) is 0.444. The third-order valence-corrected chi connectivity index (χ3v) is 2.59. The highest BCUT2D eigenvalue weighted by molar-refractivity contribution is 7.97. The normalized spacial score (nSPS) is 9.62. The number of carbonyl (C=O) groups excluding carboxylic acids is 1. The number of aromatic nitrogens is 2. The fourth-order valence-electron chi connectivity index (χ4n) is 0.962. The van der Waals surface area contributed by atoms with E-state index >= 15 is 0 Å². The number of urea groups is 1. The van der Waals surface area contributed by atoms with E-state index in [1.54, 1.807) is 13.2 Å². The second kappa shape index (κ2) is 6.89. The third kappa shape index (κ3) is 4.35. The standard InChI is InChI=1S/C9H15N5OS/c1-10-9(15)13-16-7-6-14(2)8-4-3-5-11-12-8/h3-5H,6-7H2,1-2H3,(H2,10,13,15). The predicted octanol–water partition coefficient (Wildman–Crippen LogP) is 0.490. The summed E-state index contributed by atoms with van der Waals surface area (Å²) in [6.45, 7) is 0.785. The Balaban J connectivity index is 2.21. The Kier molecular flexibility index (Phi) is 5.41. The number of hydrogen-bond acceptors (Lipinski definition) is 5. The van der Waals surface area contributed by atoms with E-state index < -0.39 is 0 Å². The van der Waals surface area contributed by atoms with Gasteiger partial charge in [0.2, 0.25) is 0 Å². The van der Waals surface area contributed by atoms with Crippen molar-refractivity contribution in [3.63, 3.8) is 0 Å². The van der Waals surface area contributed by atoms with Gasteiger partial charge in [0.15, 0.2) is 5.82 Å². The summed E-state index contributed by atoms with van der Waals surface area (Å²) in [6.07, 6.45) is 1.64. The van der Waals surface area contributed by atoms with E-state index in [-0.39, 0.29) is 6.03 Å². The molecule has 0 saturated heterocycles. The Labute approximate surface area is 98.9 Å². The van der Waals surface area contributed by atoms with Gasteiger partial charge >= 0.3 is 6.03 Å². The monoisotopic (exact) mass is 241 g/mol. The van der Waals surface area contributed by atoms with Crippen LogP contribution in [0.25, 0.3) is 0 Å².